The molecule has 3 heteroatoms. The summed E-state index contributed by atoms with van der Waals surface area (Å²) < 4.78 is 4.01. The molecule has 2 aromatic rings. The predicted molar refractivity (Wildman–Crippen MR) is 41.1 cm³/mol. The molecule has 0 N–H and O–H groups in total. The minimum Gasteiger partial charge on any atom is -0.232 e. The Bertz CT molecular complexity index is 364. The van der Waals surface area contributed by atoms with Crippen molar-refractivity contribution < 1.29 is 4.57 Å². The largest absolute Gasteiger partial charge is 0.308 e. The van der Waals surface area contributed by atoms with Gasteiger partial charge in [0.1, 0.15) is 6.20 Å². The molecule has 11 heavy (non-hydrogen) atoms. The molecule has 0 saturated carbocycles. The average Bonchev–Trinajstić information content (AvgIpc) is 2.50. The van der Waals surface area contributed by atoms with Gasteiger partial charge >= 0.3 is 5.65 Å². The molecule has 0 aliphatic heterocycles. The van der Waals surface area contributed by atoms with E-state index in [0.29, 0.717) is 0 Å². The molecule has 0 atom stereocenters. The van der Waals surface area contributed by atoms with Crippen molar-refractivity contribution in [3.8, 4) is 0 Å². The zero-order chi connectivity index (χ0) is 7.68. The molecule has 0 aliphatic carbocycles. The Balaban J connectivity index is 2.79. The summed E-state index contributed by atoms with van der Waals surface area (Å²) in [6.45, 7) is 3.10. The predicted octanol–water partition coefficient (Wildman–Crippen LogP) is 0.642. The topological polar surface area (TPSA) is 21.2 Å². The first-order chi connectivity index (χ1) is 5.42. The number of aryl methyl sites for hydroxylation is 1. The second kappa shape index (κ2) is 2.34. The second-order valence-corrected chi connectivity index (χ2v) is 2.41. The Morgan fingerprint density at radius 3 is 3.36 bits per heavy atom. The van der Waals surface area contributed by atoms with Crippen LogP contribution in [-0.2, 0) is 6.54 Å². The SMILES string of the molecule is CC[n+]1cccn2nccc21. The van der Waals surface area contributed by atoms with E-state index < -0.39 is 0 Å². The average molecular weight is 148 g/mol. The minimum atomic E-state index is 0.982. The number of fused-ring (bicyclic) bond motifs is 1. The molecule has 0 bridgehead atoms. The number of hydrogen-bond donors (Lipinski definition) is 0. The fraction of sp³-hybridized carbons (Fsp3) is 0.250. The number of nitrogens with zero attached hydrogens (tertiary/aromatic N) is 3. The highest BCUT2D eigenvalue weighted by molar-refractivity contribution is 5.27. The molecule has 3 nitrogen and oxygen atoms in total. The fourth-order valence-corrected chi connectivity index (χ4v) is 1.22. The van der Waals surface area contributed by atoms with E-state index in [4.69, 9.17) is 0 Å². The van der Waals surface area contributed by atoms with Gasteiger partial charge in [-0.1, -0.05) is 5.10 Å². The van der Waals surface area contributed by atoms with E-state index in [1.165, 1.54) is 0 Å². The summed E-state index contributed by atoms with van der Waals surface area (Å²) in [4.78, 5) is 0. The fourth-order valence-electron chi connectivity index (χ4n) is 1.22. The summed E-state index contributed by atoms with van der Waals surface area (Å²) in [6, 6.07) is 3.99. The maximum atomic E-state index is 4.12. The maximum absolute atomic E-state index is 4.12. The lowest BCUT2D eigenvalue weighted by Gasteiger charge is -1.93. The molecule has 0 aromatic carbocycles. The third-order valence-corrected chi connectivity index (χ3v) is 1.78. The molecule has 0 saturated heterocycles. The molecule has 0 amide bonds. The van der Waals surface area contributed by atoms with E-state index in [1.807, 2.05) is 29.0 Å². The molecule has 2 rings (SSSR count). The lowest BCUT2D eigenvalue weighted by molar-refractivity contribution is -0.671. The zero-order valence-corrected chi connectivity index (χ0v) is 6.44. The molecule has 0 unspecified atom stereocenters. The van der Waals surface area contributed by atoms with Crippen LogP contribution in [0.4, 0.5) is 0 Å². The van der Waals surface area contributed by atoms with Gasteiger partial charge in [0, 0.05) is 6.07 Å². The standard InChI is InChI=1S/C8H10N3/c1-2-10-6-3-7-11-8(10)4-5-9-11/h3-7H,2H2,1H3/q+1. The Kier molecular flexibility index (Phi) is 1.35. The van der Waals surface area contributed by atoms with Gasteiger partial charge in [0.2, 0.25) is 0 Å². The lowest BCUT2D eigenvalue weighted by Crippen LogP contribution is -2.33. The molecule has 2 heterocycles. The first kappa shape index (κ1) is 6.34. The van der Waals surface area contributed by atoms with E-state index in [1.54, 1.807) is 0 Å². The molecule has 0 aliphatic rings. The van der Waals surface area contributed by atoms with Crippen molar-refractivity contribution in [1.82, 2.24) is 9.61 Å². The zero-order valence-electron chi connectivity index (χ0n) is 6.44. The van der Waals surface area contributed by atoms with Crippen molar-refractivity contribution in [1.29, 1.82) is 0 Å². The summed E-state index contributed by atoms with van der Waals surface area (Å²) in [7, 11) is 0. The van der Waals surface area contributed by atoms with E-state index in [0.717, 1.165) is 12.2 Å². The van der Waals surface area contributed by atoms with Gasteiger partial charge in [0.15, 0.2) is 0 Å². The van der Waals surface area contributed by atoms with Crippen molar-refractivity contribution in [2.24, 2.45) is 0 Å². The number of aromatic nitrogens is 3. The van der Waals surface area contributed by atoms with Crippen LogP contribution in [-0.4, -0.2) is 9.61 Å². The van der Waals surface area contributed by atoms with Crippen LogP contribution in [0.5, 0.6) is 0 Å². The lowest BCUT2D eigenvalue weighted by atomic mass is 10.5. The Labute approximate surface area is 64.9 Å². The summed E-state index contributed by atoms with van der Waals surface area (Å²) >= 11 is 0. The van der Waals surface area contributed by atoms with E-state index in [-0.39, 0.29) is 0 Å². The van der Waals surface area contributed by atoms with Gasteiger partial charge in [-0.25, -0.2) is 4.57 Å². The van der Waals surface area contributed by atoms with Crippen LogP contribution in [0.15, 0.2) is 30.7 Å². The van der Waals surface area contributed by atoms with Crippen LogP contribution >= 0.6 is 0 Å². The van der Waals surface area contributed by atoms with Gasteiger partial charge in [0.25, 0.3) is 0 Å². The molecule has 2 aromatic heterocycles. The highest BCUT2D eigenvalue weighted by atomic mass is 15.3. The summed E-state index contributed by atoms with van der Waals surface area (Å²) in [5.41, 5.74) is 1.13. The van der Waals surface area contributed by atoms with E-state index in [9.17, 15) is 0 Å². The third-order valence-electron chi connectivity index (χ3n) is 1.78. The van der Waals surface area contributed by atoms with Crippen molar-refractivity contribution in [2.75, 3.05) is 0 Å². The quantitative estimate of drug-likeness (QED) is 0.544. The molecular formula is C8H10N3+. The van der Waals surface area contributed by atoms with Crippen LogP contribution < -0.4 is 4.57 Å². The Morgan fingerprint density at radius 1 is 1.64 bits per heavy atom. The Morgan fingerprint density at radius 2 is 2.55 bits per heavy atom. The van der Waals surface area contributed by atoms with Gasteiger partial charge < -0.3 is 0 Å². The van der Waals surface area contributed by atoms with E-state index >= 15 is 0 Å². The first-order valence-corrected chi connectivity index (χ1v) is 3.73. The molecular weight excluding hydrogens is 138 g/mol. The van der Waals surface area contributed by atoms with Gasteiger partial charge in [-0.3, -0.25) is 0 Å². The van der Waals surface area contributed by atoms with Gasteiger partial charge in [-0.2, -0.15) is 0 Å². The van der Waals surface area contributed by atoms with Gasteiger partial charge in [-0.15, -0.1) is 4.52 Å². The monoisotopic (exact) mass is 148 g/mol. The molecule has 0 fully saturated rings. The smallest absolute Gasteiger partial charge is 0.232 e. The molecule has 56 valence electrons. The maximum Gasteiger partial charge on any atom is 0.308 e. The number of rotatable bonds is 1. The van der Waals surface area contributed by atoms with Crippen molar-refractivity contribution in [2.45, 2.75) is 13.5 Å². The first-order valence-electron chi connectivity index (χ1n) is 3.73. The minimum absolute atomic E-state index is 0.982. The van der Waals surface area contributed by atoms with E-state index in [2.05, 4.69) is 22.8 Å². The molecule has 0 spiro atoms. The van der Waals surface area contributed by atoms with Crippen LogP contribution in [0, 0.1) is 0 Å². The van der Waals surface area contributed by atoms with Crippen LogP contribution in [0.3, 0.4) is 0 Å². The van der Waals surface area contributed by atoms with Gasteiger partial charge in [0.05, 0.1) is 25.0 Å². The highest BCUT2D eigenvalue weighted by Gasteiger charge is 2.04. The highest BCUT2D eigenvalue weighted by Crippen LogP contribution is 1.92. The summed E-state index contributed by atoms with van der Waals surface area (Å²) in [5.74, 6) is 0. The summed E-state index contributed by atoms with van der Waals surface area (Å²) in [5, 5.41) is 4.12. The number of hydrogen-bond acceptors (Lipinski definition) is 1. The van der Waals surface area contributed by atoms with Crippen LogP contribution in [0.25, 0.3) is 5.65 Å². The van der Waals surface area contributed by atoms with Crippen LogP contribution in [0.2, 0.25) is 0 Å². The summed E-state index contributed by atoms with van der Waals surface area (Å²) in [6.07, 6.45) is 5.81. The normalized spacial score (nSPS) is 10.6. The second-order valence-electron chi connectivity index (χ2n) is 2.41. The molecule has 0 radical (unpaired) electrons. The van der Waals surface area contributed by atoms with Gasteiger partial charge in [-0.05, 0) is 6.92 Å². The van der Waals surface area contributed by atoms with Crippen LogP contribution in [0.1, 0.15) is 6.92 Å². The van der Waals surface area contributed by atoms with Crippen molar-refractivity contribution >= 4 is 5.65 Å². The van der Waals surface area contributed by atoms with Crippen molar-refractivity contribution in [3.05, 3.63) is 30.7 Å². The van der Waals surface area contributed by atoms with Crippen molar-refractivity contribution in [3.63, 3.8) is 0 Å². The Hall–Kier alpha value is -1.38. The third kappa shape index (κ3) is 0.888.